The molecule has 0 amide bonds. The van der Waals surface area contributed by atoms with Crippen LogP contribution in [0.3, 0.4) is 0 Å². The summed E-state index contributed by atoms with van der Waals surface area (Å²) >= 11 is 0. The van der Waals surface area contributed by atoms with Gasteiger partial charge in [0.1, 0.15) is 5.60 Å². The van der Waals surface area contributed by atoms with E-state index in [1.165, 1.54) is 16.3 Å². The Morgan fingerprint density at radius 3 is 2.56 bits per heavy atom. The highest BCUT2D eigenvalue weighted by molar-refractivity contribution is 5.83. The second kappa shape index (κ2) is 3.58. The van der Waals surface area contributed by atoms with Crippen molar-refractivity contribution in [2.45, 2.75) is 12.0 Å². The Bertz CT molecular complexity index is 515. The van der Waals surface area contributed by atoms with Gasteiger partial charge in [0.2, 0.25) is 0 Å². The molecule has 0 radical (unpaired) electrons. The summed E-state index contributed by atoms with van der Waals surface area (Å²) in [5.74, 6) is 0. The Labute approximate surface area is 94.5 Å². The molecule has 0 aromatic heterocycles. The van der Waals surface area contributed by atoms with Crippen molar-refractivity contribution in [1.82, 2.24) is 0 Å². The van der Waals surface area contributed by atoms with Crippen LogP contribution in [-0.2, 0) is 10.3 Å². The van der Waals surface area contributed by atoms with Crippen molar-refractivity contribution in [1.29, 1.82) is 0 Å². The van der Waals surface area contributed by atoms with E-state index >= 15 is 0 Å². The van der Waals surface area contributed by atoms with Gasteiger partial charge < -0.3 is 9.84 Å². The Kier molecular flexibility index (Phi) is 2.20. The molecule has 2 aromatic carbocycles. The van der Waals surface area contributed by atoms with E-state index in [1.54, 1.807) is 0 Å². The predicted molar refractivity (Wildman–Crippen MR) is 63.3 cm³/mol. The van der Waals surface area contributed by atoms with Gasteiger partial charge in [-0.05, 0) is 22.4 Å². The molecule has 1 aliphatic heterocycles. The molecule has 2 heteroatoms. The summed E-state index contributed by atoms with van der Waals surface area (Å²) in [5, 5.41) is 11.5. The Morgan fingerprint density at radius 1 is 1.12 bits per heavy atom. The van der Waals surface area contributed by atoms with Crippen molar-refractivity contribution in [2.24, 2.45) is 0 Å². The molecule has 1 aliphatic rings. The quantitative estimate of drug-likeness (QED) is 0.796. The molecular formula is C14H14O2. The number of aliphatic hydroxyl groups is 1. The van der Waals surface area contributed by atoms with Gasteiger partial charge in [0.15, 0.2) is 0 Å². The monoisotopic (exact) mass is 214 g/mol. The first kappa shape index (κ1) is 9.82. The summed E-state index contributed by atoms with van der Waals surface area (Å²) in [6.45, 7) is 0.902. The maximum absolute atomic E-state index is 9.04. The first-order valence-corrected chi connectivity index (χ1v) is 5.58. The number of rotatable bonds is 3. The minimum absolute atomic E-state index is 0.173. The zero-order chi connectivity index (χ0) is 11.0. The van der Waals surface area contributed by atoms with Gasteiger partial charge >= 0.3 is 0 Å². The van der Waals surface area contributed by atoms with E-state index in [-0.39, 0.29) is 12.2 Å². The van der Waals surface area contributed by atoms with Crippen LogP contribution in [0.1, 0.15) is 12.0 Å². The van der Waals surface area contributed by atoms with Crippen molar-refractivity contribution in [3.8, 4) is 0 Å². The molecule has 1 atom stereocenters. The largest absolute Gasteiger partial charge is 0.396 e. The summed E-state index contributed by atoms with van der Waals surface area (Å²) in [6, 6.07) is 14.7. The lowest BCUT2D eigenvalue weighted by Crippen LogP contribution is -2.10. The fourth-order valence-corrected chi connectivity index (χ4v) is 2.20. The molecule has 1 unspecified atom stereocenters. The van der Waals surface area contributed by atoms with E-state index in [4.69, 9.17) is 9.84 Å². The molecule has 1 saturated heterocycles. The van der Waals surface area contributed by atoms with Crippen LogP contribution < -0.4 is 0 Å². The normalized spacial score (nSPS) is 23.6. The standard InChI is InChI=1S/C14H14O2/c15-8-7-14(10-16-14)13-6-5-11-3-1-2-4-12(11)9-13/h1-6,9,15H,7-8,10H2. The van der Waals surface area contributed by atoms with E-state index in [9.17, 15) is 0 Å². The fourth-order valence-electron chi connectivity index (χ4n) is 2.20. The van der Waals surface area contributed by atoms with Crippen LogP contribution in [0.4, 0.5) is 0 Å². The number of benzene rings is 2. The number of hydrogen-bond acceptors (Lipinski definition) is 2. The zero-order valence-electron chi connectivity index (χ0n) is 9.02. The molecular weight excluding hydrogens is 200 g/mol. The third-order valence-corrected chi connectivity index (χ3v) is 3.28. The highest BCUT2D eigenvalue weighted by atomic mass is 16.6. The molecule has 0 saturated carbocycles. The third kappa shape index (κ3) is 1.51. The van der Waals surface area contributed by atoms with Crippen LogP contribution in [0.2, 0.25) is 0 Å². The molecule has 82 valence electrons. The van der Waals surface area contributed by atoms with Gasteiger partial charge in [0.25, 0.3) is 0 Å². The van der Waals surface area contributed by atoms with Crippen LogP contribution in [0.25, 0.3) is 10.8 Å². The minimum Gasteiger partial charge on any atom is -0.396 e. The summed E-state index contributed by atoms with van der Waals surface area (Å²) in [7, 11) is 0. The Hall–Kier alpha value is -1.38. The SMILES string of the molecule is OCCC1(c2ccc3ccccc3c2)CO1. The number of fused-ring (bicyclic) bond motifs is 1. The first-order chi connectivity index (χ1) is 7.84. The van der Waals surface area contributed by atoms with Crippen LogP contribution in [0.5, 0.6) is 0 Å². The van der Waals surface area contributed by atoms with E-state index < -0.39 is 0 Å². The van der Waals surface area contributed by atoms with Crippen LogP contribution in [-0.4, -0.2) is 18.3 Å². The smallest absolute Gasteiger partial charge is 0.119 e. The predicted octanol–water partition coefficient (Wildman–Crippen LogP) is 2.45. The summed E-state index contributed by atoms with van der Waals surface area (Å²) in [5.41, 5.74) is 0.971. The number of ether oxygens (including phenoxy) is 1. The fraction of sp³-hybridized carbons (Fsp3) is 0.286. The number of hydrogen-bond donors (Lipinski definition) is 1. The lowest BCUT2D eigenvalue weighted by Gasteiger charge is -2.11. The molecule has 3 rings (SSSR count). The van der Waals surface area contributed by atoms with Gasteiger partial charge in [-0.25, -0.2) is 0 Å². The van der Waals surface area contributed by atoms with Gasteiger partial charge in [-0.1, -0.05) is 36.4 Å². The van der Waals surface area contributed by atoms with E-state index in [0.29, 0.717) is 6.42 Å². The van der Waals surface area contributed by atoms with Crippen molar-refractivity contribution < 1.29 is 9.84 Å². The Morgan fingerprint density at radius 2 is 1.88 bits per heavy atom. The average molecular weight is 214 g/mol. The summed E-state index contributed by atoms with van der Waals surface area (Å²) < 4.78 is 5.51. The van der Waals surface area contributed by atoms with E-state index in [1.807, 2.05) is 12.1 Å². The van der Waals surface area contributed by atoms with Gasteiger partial charge in [-0.3, -0.25) is 0 Å². The van der Waals surface area contributed by atoms with Crippen LogP contribution in [0, 0.1) is 0 Å². The highest BCUT2D eigenvalue weighted by Gasteiger charge is 2.45. The molecule has 2 aromatic rings. The first-order valence-electron chi connectivity index (χ1n) is 5.58. The molecule has 1 fully saturated rings. The topological polar surface area (TPSA) is 32.8 Å². The summed E-state index contributed by atoms with van der Waals surface area (Å²) in [4.78, 5) is 0. The average Bonchev–Trinajstić information content (AvgIpc) is 3.10. The molecule has 0 aliphatic carbocycles. The molecule has 0 spiro atoms. The zero-order valence-corrected chi connectivity index (χ0v) is 9.02. The van der Waals surface area contributed by atoms with Gasteiger partial charge in [0.05, 0.1) is 6.61 Å². The molecule has 2 nitrogen and oxygen atoms in total. The second-order valence-corrected chi connectivity index (χ2v) is 4.32. The maximum Gasteiger partial charge on any atom is 0.119 e. The van der Waals surface area contributed by atoms with Crippen LogP contribution in [0.15, 0.2) is 42.5 Å². The Balaban J connectivity index is 2.05. The van der Waals surface area contributed by atoms with Crippen molar-refractivity contribution in [3.63, 3.8) is 0 Å². The molecule has 1 N–H and O–H groups in total. The second-order valence-electron chi connectivity index (χ2n) is 4.32. The van der Waals surface area contributed by atoms with Gasteiger partial charge in [-0.2, -0.15) is 0 Å². The van der Waals surface area contributed by atoms with E-state index in [0.717, 1.165) is 6.61 Å². The van der Waals surface area contributed by atoms with Crippen LogP contribution >= 0.6 is 0 Å². The number of epoxide rings is 1. The molecule has 16 heavy (non-hydrogen) atoms. The third-order valence-electron chi connectivity index (χ3n) is 3.28. The summed E-state index contributed by atoms with van der Waals surface area (Å²) in [6.07, 6.45) is 0.686. The van der Waals surface area contributed by atoms with Gasteiger partial charge in [0, 0.05) is 13.0 Å². The minimum atomic E-state index is -0.210. The maximum atomic E-state index is 9.04. The lowest BCUT2D eigenvalue weighted by molar-refractivity contribution is 0.214. The van der Waals surface area contributed by atoms with Gasteiger partial charge in [-0.15, -0.1) is 0 Å². The van der Waals surface area contributed by atoms with Crippen molar-refractivity contribution in [3.05, 3.63) is 48.0 Å². The van der Waals surface area contributed by atoms with E-state index in [2.05, 4.69) is 30.3 Å². The van der Waals surface area contributed by atoms with Crippen molar-refractivity contribution in [2.75, 3.05) is 13.2 Å². The number of aliphatic hydroxyl groups excluding tert-OH is 1. The van der Waals surface area contributed by atoms with Crippen molar-refractivity contribution >= 4 is 10.8 Å². The molecule has 1 heterocycles. The molecule has 0 bridgehead atoms. The highest BCUT2D eigenvalue weighted by Crippen LogP contribution is 2.42. The lowest BCUT2D eigenvalue weighted by atomic mass is 9.94.